The van der Waals surface area contributed by atoms with E-state index in [1.54, 1.807) is 12.1 Å². The lowest BCUT2D eigenvalue weighted by molar-refractivity contribution is -0.137. The molecule has 2 aromatic rings. The van der Waals surface area contributed by atoms with Gasteiger partial charge < -0.3 is 21.1 Å². The molecule has 1 saturated heterocycles. The predicted molar refractivity (Wildman–Crippen MR) is 147 cm³/mol. The molecular formula is C30H37F3N4O4. The number of carbonyl (C=O) groups is 3. The zero-order chi connectivity index (χ0) is 29.8. The number of amides is 3. The maximum atomic E-state index is 12.9. The van der Waals surface area contributed by atoms with Crippen molar-refractivity contribution in [1.29, 1.82) is 0 Å². The van der Waals surface area contributed by atoms with Crippen LogP contribution >= 0.6 is 0 Å². The molecule has 0 bridgehead atoms. The van der Waals surface area contributed by atoms with Gasteiger partial charge >= 0.3 is 6.18 Å². The summed E-state index contributed by atoms with van der Waals surface area (Å²) in [5, 5.41) is 19.5. The smallest absolute Gasteiger partial charge is 0.385 e. The Balaban J connectivity index is 1.21. The highest BCUT2D eigenvalue weighted by atomic mass is 19.4. The van der Waals surface area contributed by atoms with E-state index in [9.17, 15) is 32.7 Å². The van der Waals surface area contributed by atoms with Crippen molar-refractivity contribution in [2.75, 3.05) is 19.6 Å². The minimum atomic E-state index is -4.56. The van der Waals surface area contributed by atoms with Crippen molar-refractivity contribution in [3.8, 4) is 0 Å². The average molecular weight is 575 g/mol. The summed E-state index contributed by atoms with van der Waals surface area (Å²) in [6.45, 7) is 4.91. The molecule has 41 heavy (non-hydrogen) atoms. The lowest BCUT2D eigenvalue weighted by atomic mass is 9.77. The first-order valence-electron chi connectivity index (χ1n) is 14.0. The number of halogens is 3. The van der Waals surface area contributed by atoms with Crippen LogP contribution in [0.1, 0.15) is 77.8 Å². The third-order valence-corrected chi connectivity index (χ3v) is 7.85. The van der Waals surface area contributed by atoms with Crippen LogP contribution < -0.4 is 16.0 Å². The summed E-state index contributed by atoms with van der Waals surface area (Å²) in [7, 11) is 0. The van der Waals surface area contributed by atoms with Gasteiger partial charge in [-0.05, 0) is 81.8 Å². The van der Waals surface area contributed by atoms with Gasteiger partial charge in [-0.1, -0.05) is 18.2 Å². The largest absolute Gasteiger partial charge is 0.416 e. The Labute approximate surface area is 237 Å². The molecule has 4 rings (SSSR count). The Bertz CT molecular complexity index is 1240. The van der Waals surface area contributed by atoms with E-state index in [2.05, 4.69) is 20.9 Å². The second-order valence-electron chi connectivity index (χ2n) is 11.3. The topological polar surface area (TPSA) is 111 Å². The average Bonchev–Trinajstić information content (AvgIpc) is 3.39. The third kappa shape index (κ3) is 7.85. The fourth-order valence-electron chi connectivity index (χ4n) is 5.63. The van der Waals surface area contributed by atoms with Crippen molar-refractivity contribution in [2.24, 2.45) is 0 Å². The van der Waals surface area contributed by atoms with Crippen LogP contribution in [0.15, 0.2) is 48.5 Å². The van der Waals surface area contributed by atoms with E-state index in [0.717, 1.165) is 49.6 Å². The van der Waals surface area contributed by atoms with E-state index in [1.165, 1.54) is 6.07 Å². The fourth-order valence-corrected chi connectivity index (χ4v) is 5.63. The van der Waals surface area contributed by atoms with E-state index < -0.39 is 29.2 Å². The number of hydrogen-bond acceptors (Lipinski definition) is 5. The monoisotopic (exact) mass is 574 g/mol. The van der Waals surface area contributed by atoms with Gasteiger partial charge in [0.05, 0.1) is 17.7 Å². The van der Waals surface area contributed by atoms with Crippen molar-refractivity contribution < 1.29 is 32.7 Å². The van der Waals surface area contributed by atoms with Crippen molar-refractivity contribution >= 4 is 17.7 Å². The van der Waals surface area contributed by atoms with Gasteiger partial charge in [-0.3, -0.25) is 19.3 Å². The highest BCUT2D eigenvalue weighted by Gasteiger charge is 2.38. The second-order valence-corrected chi connectivity index (χ2v) is 11.3. The normalized spacial score (nSPS) is 23.3. The van der Waals surface area contributed by atoms with Gasteiger partial charge in [0.1, 0.15) is 0 Å². The molecule has 1 aliphatic heterocycles. The summed E-state index contributed by atoms with van der Waals surface area (Å²) in [6, 6.07) is 11.4. The van der Waals surface area contributed by atoms with E-state index in [4.69, 9.17) is 0 Å². The molecule has 0 aromatic heterocycles. The Morgan fingerprint density at radius 2 is 1.68 bits per heavy atom. The summed E-state index contributed by atoms with van der Waals surface area (Å²) in [5.74, 6) is -1.29. The second kappa shape index (κ2) is 12.6. The minimum absolute atomic E-state index is 0.0408. The summed E-state index contributed by atoms with van der Waals surface area (Å²) in [4.78, 5) is 39.2. The molecule has 2 aromatic carbocycles. The van der Waals surface area contributed by atoms with Crippen molar-refractivity contribution in [1.82, 2.24) is 20.9 Å². The quantitative estimate of drug-likeness (QED) is 0.385. The zero-order valence-corrected chi connectivity index (χ0v) is 23.3. The first-order valence-corrected chi connectivity index (χ1v) is 14.0. The molecule has 0 radical (unpaired) electrons. The van der Waals surface area contributed by atoms with Gasteiger partial charge in [-0.15, -0.1) is 0 Å². The Hall–Kier alpha value is -3.44. The van der Waals surface area contributed by atoms with Gasteiger partial charge in [0.2, 0.25) is 5.91 Å². The maximum Gasteiger partial charge on any atom is 0.416 e. The molecule has 1 heterocycles. The lowest BCUT2D eigenvalue weighted by Crippen LogP contribution is -2.45. The lowest BCUT2D eigenvalue weighted by Gasteiger charge is -2.40. The van der Waals surface area contributed by atoms with Crippen molar-refractivity contribution in [2.45, 2.75) is 75.9 Å². The van der Waals surface area contributed by atoms with Crippen LogP contribution in [0.5, 0.6) is 0 Å². The van der Waals surface area contributed by atoms with Crippen LogP contribution in [0.25, 0.3) is 0 Å². The molecule has 0 spiro atoms. The van der Waals surface area contributed by atoms with Crippen molar-refractivity contribution in [3.63, 3.8) is 0 Å². The Morgan fingerprint density at radius 1 is 1.00 bits per heavy atom. The molecule has 2 aliphatic rings. The number of aliphatic hydroxyl groups is 1. The molecule has 4 N–H and O–H groups in total. The van der Waals surface area contributed by atoms with Crippen LogP contribution in [0.3, 0.4) is 0 Å². The van der Waals surface area contributed by atoms with E-state index >= 15 is 0 Å². The maximum absolute atomic E-state index is 12.9. The summed E-state index contributed by atoms with van der Waals surface area (Å²) < 4.78 is 38.7. The molecule has 222 valence electrons. The van der Waals surface area contributed by atoms with Gasteiger partial charge in [-0.25, -0.2) is 0 Å². The summed E-state index contributed by atoms with van der Waals surface area (Å²) in [6.07, 6.45) is -1.06. The Morgan fingerprint density at radius 3 is 2.32 bits per heavy atom. The summed E-state index contributed by atoms with van der Waals surface area (Å²) >= 11 is 0. The fraction of sp³-hybridized carbons (Fsp3) is 0.500. The first kappa shape index (κ1) is 30.5. The van der Waals surface area contributed by atoms with Crippen LogP contribution in [0.4, 0.5) is 13.2 Å². The van der Waals surface area contributed by atoms with E-state index in [-0.39, 0.29) is 36.1 Å². The van der Waals surface area contributed by atoms with Crippen LogP contribution in [0.2, 0.25) is 0 Å². The minimum Gasteiger partial charge on any atom is -0.385 e. The molecular weight excluding hydrogens is 537 g/mol. The van der Waals surface area contributed by atoms with Gasteiger partial charge in [-0.2, -0.15) is 13.2 Å². The number of likely N-dealkylation sites (tertiary alicyclic amines) is 1. The first-order chi connectivity index (χ1) is 19.3. The Kier molecular flexibility index (Phi) is 9.38. The number of benzene rings is 2. The van der Waals surface area contributed by atoms with Gasteiger partial charge in [0.15, 0.2) is 0 Å². The third-order valence-electron chi connectivity index (χ3n) is 7.85. The number of rotatable bonds is 8. The van der Waals surface area contributed by atoms with Gasteiger partial charge in [0.25, 0.3) is 11.8 Å². The molecule has 0 unspecified atom stereocenters. The SMILES string of the molecule is CC(C)NC(=O)c1ccc(C2(O)CCC(N3CC[C@@H](NC(=O)CNC(=O)c4cccc(C(F)(F)F)c4)C3)CC2)cc1. The molecule has 8 nitrogen and oxygen atoms in total. The number of nitrogens with zero attached hydrogens (tertiary/aromatic N) is 1. The number of nitrogens with one attached hydrogen (secondary N) is 3. The number of carbonyl (C=O) groups excluding carboxylic acids is 3. The number of hydrogen-bond donors (Lipinski definition) is 4. The molecule has 1 saturated carbocycles. The highest BCUT2D eigenvalue weighted by molar-refractivity contribution is 5.96. The van der Waals surface area contributed by atoms with Gasteiger partial charge in [0, 0.05) is 42.3 Å². The zero-order valence-electron chi connectivity index (χ0n) is 23.3. The molecule has 3 amide bonds. The molecule has 11 heteroatoms. The number of alkyl halides is 3. The van der Waals surface area contributed by atoms with Crippen molar-refractivity contribution in [3.05, 3.63) is 70.8 Å². The molecule has 1 aliphatic carbocycles. The summed E-state index contributed by atoms with van der Waals surface area (Å²) in [5.41, 5.74) is -0.680. The van der Waals surface area contributed by atoms with Crippen LogP contribution in [-0.2, 0) is 16.6 Å². The van der Waals surface area contributed by atoms with Crippen LogP contribution in [-0.4, -0.2) is 65.5 Å². The van der Waals surface area contributed by atoms with E-state index in [1.807, 2.05) is 26.0 Å². The highest BCUT2D eigenvalue weighted by Crippen LogP contribution is 2.39. The van der Waals surface area contributed by atoms with E-state index in [0.29, 0.717) is 24.9 Å². The molecule has 1 atom stereocenters. The van der Waals surface area contributed by atoms with Crippen LogP contribution in [0, 0.1) is 0 Å². The predicted octanol–water partition coefficient (Wildman–Crippen LogP) is 3.59. The standard InChI is InChI=1S/C30H37F3N4O4/c1-19(2)35-28(40)20-6-8-22(9-7-20)29(41)13-10-25(11-14-29)37-15-12-24(18-37)36-26(38)17-34-27(39)21-4-3-5-23(16-21)30(31,32)33/h3-9,16,19,24-25,41H,10-15,17-18H2,1-2H3,(H,34,39)(H,35,40)(H,36,38)/t24-,25?,29?/m1/s1. The molecule has 2 fully saturated rings.